The van der Waals surface area contributed by atoms with Crippen molar-refractivity contribution in [1.82, 2.24) is 9.80 Å². The van der Waals surface area contributed by atoms with E-state index in [9.17, 15) is 0 Å². The summed E-state index contributed by atoms with van der Waals surface area (Å²) < 4.78 is 11.1. The van der Waals surface area contributed by atoms with Gasteiger partial charge in [0.05, 0.1) is 32.0 Å². The average Bonchev–Trinajstić information content (AvgIpc) is 2.99. The summed E-state index contributed by atoms with van der Waals surface area (Å²) >= 11 is 1.86. The number of thiophene rings is 1. The van der Waals surface area contributed by atoms with E-state index in [0.717, 1.165) is 46.0 Å². The van der Waals surface area contributed by atoms with E-state index < -0.39 is 0 Å². The van der Waals surface area contributed by atoms with Gasteiger partial charge in [0.2, 0.25) is 0 Å². The lowest BCUT2D eigenvalue weighted by atomic mass is 10.1. The molecule has 1 fully saturated rings. The summed E-state index contributed by atoms with van der Waals surface area (Å²) in [5, 5.41) is 2.17. The fourth-order valence-corrected chi connectivity index (χ4v) is 3.44. The first-order chi connectivity index (χ1) is 10.2. The van der Waals surface area contributed by atoms with E-state index >= 15 is 0 Å². The van der Waals surface area contributed by atoms with Crippen LogP contribution < -0.4 is 0 Å². The molecule has 0 aromatic carbocycles. The van der Waals surface area contributed by atoms with Crippen LogP contribution in [0.25, 0.3) is 0 Å². The number of hydrogen-bond acceptors (Lipinski definition) is 5. The number of likely N-dealkylation sites (N-methyl/N-ethyl adjacent to an activating group) is 1. The third-order valence-corrected chi connectivity index (χ3v) is 4.74. The van der Waals surface area contributed by atoms with Gasteiger partial charge < -0.3 is 14.4 Å². The molecule has 0 radical (unpaired) electrons. The molecule has 0 spiro atoms. The van der Waals surface area contributed by atoms with Crippen molar-refractivity contribution in [2.45, 2.75) is 26.0 Å². The quantitative estimate of drug-likeness (QED) is 0.736. The summed E-state index contributed by atoms with van der Waals surface area (Å²) in [6.07, 6.45) is 0.311. The van der Waals surface area contributed by atoms with Crippen LogP contribution in [0.3, 0.4) is 0 Å². The second-order valence-corrected chi connectivity index (χ2v) is 6.84. The first kappa shape index (κ1) is 16.9. The van der Waals surface area contributed by atoms with Gasteiger partial charge in [0.25, 0.3) is 0 Å². The van der Waals surface area contributed by atoms with Crippen LogP contribution in [0, 0.1) is 0 Å². The third-order valence-electron chi connectivity index (χ3n) is 3.77. The van der Waals surface area contributed by atoms with E-state index in [2.05, 4.69) is 48.2 Å². The van der Waals surface area contributed by atoms with Crippen LogP contribution in [0.2, 0.25) is 0 Å². The standard InChI is InChI=1S/C16H28N2O2S/c1-14(2)20-11-6-17(3)13-15(16-5-4-12-21-16)18-7-9-19-10-8-18/h4-5,12,14-15H,6-11,13H2,1-3H3/t15-/m1/s1. The van der Waals surface area contributed by atoms with Crippen LogP contribution >= 0.6 is 11.3 Å². The second kappa shape index (κ2) is 8.86. The summed E-state index contributed by atoms with van der Waals surface area (Å²) in [6.45, 7) is 10.7. The number of nitrogens with zero attached hydrogens (tertiary/aromatic N) is 2. The van der Waals surface area contributed by atoms with Crippen LogP contribution in [0.1, 0.15) is 24.8 Å². The Bertz CT molecular complexity index is 378. The van der Waals surface area contributed by atoms with Crippen LogP contribution in [-0.2, 0) is 9.47 Å². The summed E-state index contributed by atoms with van der Waals surface area (Å²) in [4.78, 5) is 6.38. The molecule has 2 heterocycles. The molecule has 120 valence electrons. The predicted octanol–water partition coefficient (Wildman–Crippen LogP) is 2.48. The van der Waals surface area contributed by atoms with Gasteiger partial charge in [-0.1, -0.05) is 6.07 Å². The van der Waals surface area contributed by atoms with Crippen molar-refractivity contribution < 1.29 is 9.47 Å². The number of rotatable bonds is 8. The molecule has 0 N–H and O–H groups in total. The number of hydrogen-bond donors (Lipinski definition) is 0. The van der Waals surface area contributed by atoms with Gasteiger partial charge in [-0.2, -0.15) is 0 Å². The fraction of sp³-hybridized carbons (Fsp3) is 0.750. The largest absolute Gasteiger partial charge is 0.379 e. The highest BCUT2D eigenvalue weighted by molar-refractivity contribution is 7.10. The topological polar surface area (TPSA) is 24.9 Å². The molecule has 0 unspecified atom stereocenters. The molecule has 1 atom stereocenters. The third kappa shape index (κ3) is 5.68. The fourth-order valence-electron chi connectivity index (χ4n) is 2.59. The second-order valence-electron chi connectivity index (χ2n) is 5.86. The van der Waals surface area contributed by atoms with Gasteiger partial charge in [-0.3, -0.25) is 4.90 Å². The maximum atomic E-state index is 5.66. The SMILES string of the molecule is CC(C)OCCN(C)C[C@H](c1cccs1)N1CCOCC1. The maximum Gasteiger partial charge on any atom is 0.0596 e. The Balaban J connectivity index is 1.89. The molecule has 5 heteroatoms. The molecule has 0 aliphatic carbocycles. The Labute approximate surface area is 132 Å². The van der Waals surface area contributed by atoms with Crippen molar-refractivity contribution in [3.63, 3.8) is 0 Å². The van der Waals surface area contributed by atoms with Crippen molar-refractivity contribution in [2.75, 3.05) is 53.0 Å². The molecule has 4 nitrogen and oxygen atoms in total. The molecule has 1 aromatic rings. The van der Waals surface area contributed by atoms with Gasteiger partial charge in [0.15, 0.2) is 0 Å². The molecular weight excluding hydrogens is 284 g/mol. The number of ether oxygens (including phenoxy) is 2. The van der Waals surface area contributed by atoms with E-state index in [1.54, 1.807) is 0 Å². The van der Waals surface area contributed by atoms with Gasteiger partial charge in [-0.15, -0.1) is 11.3 Å². The molecule has 21 heavy (non-hydrogen) atoms. The zero-order chi connectivity index (χ0) is 15.1. The van der Waals surface area contributed by atoms with Crippen molar-refractivity contribution in [2.24, 2.45) is 0 Å². The van der Waals surface area contributed by atoms with Crippen LogP contribution in [0.15, 0.2) is 17.5 Å². The molecule has 1 aromatic heterocycles. The zero-order valence-corrected chi connectivity index (χ0v) is 14.3. The van der Waals surface area contributed by atoms with Crippen molar-refractivity contribution in [1.29, 1.82) is 0 Å². The maximum absolute atomic E-state index is 5.66. The highest BCUT2D eigenvalue weighted by Crippen LogP contribution is 2.26. The Hall–Kier alpha value is -0.460. The highest BCUT2D eigenvalue weighted by atomic mass is 32.1. The molecule has 0 amide bonds. The van der Waals surface area contributed by atoms with Gasteiger partial charge >= 0.3 is 0 Å². The molecule has 1 aliphatic rings. The Kier molecular flexibility index (Phi) is 7.13. The van der Waals surface area contributed by atoms with Crippen molar-refractivity contribution >= 4 is 11.3 Å². The predicted molar refractivity (Wildman–Crippen MR) is 88.0 cm³/mol. The van der Waals surface area contributed by atoms with Crippen LogP contribution in [-0.4, -0.2) is 69.0 Å². The van der Waals surface area contributed by atoms with E-state index in [-0.39, 0.29) is 0 Å². The zero-order valence-electron chi connectivity index (χ0n) is 13.5. The minimum Gasteiger partial charge on any atom is -0.379 e. The minimum absolute atomic E-state index is 0.311. The average molecular weight is 312 g/mol. The number of morpholine rings is 1. The molecule has 1 aliphatic heterocycles. The van der Waals surface area contributed by atoms with Gasteiger partial charge in [-0.05, 0) is 32.3 Å². The van der Waals surface area contributed by atoms with E-state index in [0.29, 0.717) is 12.1 Å². The lowest BCUT2D eigenvalue weighted by Gasteiger charge is -2.36. The highest BCUT2D eigenvalue weighted by Gasteiger charge is 2.24. The first-order valence-corrected chi connectivity index (χ1v) is 8.70. The van der Waals surface area contributed by atoms with E-state index in [4.69, 9.17) is 9.47 Å². The van der Waals surface area contributed by atoms with E-state index in [1.807, 2.05) is 11.3 Å². The summed E-state index contributed by atoms with van der Waals surface area (Å²) in [5.74, 6) is 0. The van der Waals surface area contributed by atoms with Gasteiger partial charge in [0.1, 0.15) is 0 Å². The molecule has 0 saturated carbocycles. The first-order valence-electron chi connectivity index (χ1n) is 7.82. The lowest BCUT2D eigenvalue weighted by molar-refractivity contribution is 0.00618. The van der Waals surface area contributed by atoms with Gasteiger partial charge in [0, 0.05) is 31.1 Å². The molecule has 1 saturated heterocycles. The van der Waals surface area contributed by atoms with E-state index in [1.165, 1.54) is 4.88 Å². The Morgan fingerprint density at radius 2 is 2.14 bits per heavy atom. The Morgan fingerprint density at radius 1 is 1.38 bits per heavy atom. The van der Waals surface area contributed by atoms with Crippen LogP contribution in [0.4, 0.5) is 0 Å². The lowest BCUT2D eigenvalue weighted by Crippen LogP contribution is -2.43. The molecule has 0 bridgehead atoms. The Morgan fingerprint density at radius 3 is 2.76 bits per heavy atom. The normalized spacial score (nSPS) is 18.5. The summed E-state index contributed by atoms with van der Waals surface area (Å²) in [6, 6.07) is 4.87. The summed E-state index contributed by atoms with van der Waals surface area (Å²) in [5.41, 5.74) is 0. The smallest absolute Gasteiger partial charge is 0.0596 e. The van der Waals surface area contributed by atoms with Gasteiger partial charge in [-0.25, -0.2) is 0 Å². The molecule has 2 rings (SSSR count). The summed E-state index contributed by atoms with van der Waals surface area (Å²) in [7, 11) is 2.19. The van der Waals surface area contributed by atoms with Crippen molar-refractivity contribution in [3.05, 3.63) is 22.4 Å². The van der Waals surface area contributed by atoms with Crippen molar-refractivity contribution in [3.8, 4) is 0 Å². The van der Waals surface area contributed by atoms with Crippen LogP contribution in [0.5, 0.6) is 0 Å². The molecular formula is C16H28N2O2S. The monoisotopic (exact) mass is 312 g/mol. The minimum atomic E-state index is 0.311.